The van der Waals surface area contributed by atoms with E-state index in [9.17, 15) is 4.79 Å². The van der Waals surface area contributed by atoms with E-state index in [0.29, 0.717) is 11.7 Å². The zero-order valence-corrected chi connectivity index (χ0v) is 10.7. The fourth-order valence-corrected chi connectivity index (χ4v) is 1.77. The third kappa shape index (κ3) is 2.47. The van der Waals surface area contributed by atoms with Gasteiger partial charge in [-0.15, -0.1) is 0 Å². The van der Waals surface area contributed by atoms with Gasteiger partial charge in [-0.05, 0) is 12.1 Å². The van der Waals surface area contributed by atoms with Crippen molar-refractivity contribution in [2.24, 2.45) is 4.99 Å². The number of carbonyl (C=O) groups is 1. The Morgan fingerprint density at radius 3 is 2.82 bits per heavy atom. The van der Waals surface area contributed by atoms with Gasteiger partial charge in [0.2, 0.25) is 5.96 Å². The van der Waals surface area contributed by atoms with E-state index < -0.39 is 0 Å². The molecule has 1 amide bonds. The van der Waals surface area contributed by atoms with E-state index in [2.05, 4.69) is 35.8 Å². The predicted molar refractivity (Wildman–Crippen MR) is 71.2 cm³/mol. The van der Waals surface area contributed by atoms with E-state index >= 15 is 0 Å². The van der Waals surface area contributed by atoms with Gasteiger partial charge in [0.05, 0.1) is 0 Å². The van der Waals surface area contributed by atoms with E-state index in [1.54, 1.807) is 13.1 Å². The molecule has 17 heavy (non-hydrogen) atoms. The van der Waals surface area contributed by atoms with Crippen LogP contribution >= 0.6 is 16.1 Å². The predicted octanol–water partition coefficient (Wildman–Crippen LogP) is 1.78. The first-order valence-corrected chi connectivity index (χ1v) is 5.76. The first kappa shape index (κ1) is 11.7. The quantitative estimate of drug-likeness (QED) is 0.426. The summed E-state index contributed by atoms with van der Waals surface area (Å²) < 4.78 is 2.60. The number of aliphatic imine (C=N–C) groups is 1. The lowest BCUT2D eigenvalue weighted by Gasteiger charge is -2.03. The second-order valence-electron chi connectivity index (χ2n) is 3.39. The van der Waals surface area contributed by atoms with Gasteiger partial charge in [0, 0.05) is 34.1 Å². The Bertz CT molecular complexity index is 543. The van der Waals surface area contributed by atoms with E-state index in [4.69, 9.17) is 0 Å². The SMILES string of the molecule is CN=C(NBr)NC(=O)c1cc2ccccc2[nH]1. The number of fused-ring (bicyclic) bond motifs is 1. The highest BCUT2D eigenvalue weighted by Gasteiger charge is 2.10. The topological polar surface area (TPSA) is 69.3 Å². The van der Waals surface area contributed by atoms with Crippen molar-refractivity contribution < 1.29 is 4.79 Å². The van der Waals surface area contributed by atoms with Gasteiger partial charge in [-0.2, -0.15) is 0 Å². The number of nitrogens with zero attached hydrogens (tertiary/aromatic N) is 1. The van der Waals surface area contributed by atoms with Crippen molar-refractivity contribution in [1.82, 2.24) is 14.6 Å². The van der Waals surface area contributed by atoms with E-state index in [1.807, 2.05) is 24.3 Å². The van der Waals surface area contributed by atoms with Crippen LogP contribution in [0.3, 0.4) is 0 Å². The van der Waals surface area contributed by atoms with Crippen molar-refractivity contribution in [3.63, 3.8) is 0 Å². The number of nitrogens with one attached hydrogen (secondary N) is 3. The van der Waals surface area contributed by atoms with Gasteiger partial charge in [0.25, 0.3) is 5.91 Å². The molecule has 0 aliphatic rings. The number of halogens is 1. The van der Waals surface area contributed by atoms with Crippen LogP contribution in [-0.2, 0) is 0 Å². The summed E-state index contributed by atoms with van der Waals surface area (Å²) >= 11 is 3.01. The molecule has 5 nitrogen and oxygen atoms in total. The first-order chi connectivity index (χ1) is 8.24. The molecule has 2 aromatic rings. The molecule has 0 unspecified atom stereocenters. The number of para-hydroxylation sites is 1. The number of rotatable bonds is 1. The minimum Gasteiger partial charge on any atom is -0.351 e. The first-order valence-electron chi connectivity index (χ1n) is 4.97. The number of aromatic nitrogens is 1. The minimum absolute atomic E-state index is 0.242. The molecule has 0 fully saturated rings. The number of amides is 1. The maximum Gasteiger partial charge on any atom is 0.274 e. The summed E-state index contributed by atoms with van der Waals surface area (Å²) in [5, 5.41) is 3.61. The lowest BCUT2D eigenvalue weighted by molar-refractivity contribution is 0.0972. The fourth-order valence-electron chi connectivity index (χ4n) is 1.49. The molecule has 0 aliphatic heterocycles. The normalized spacial score (nSPS) is 11.5. The molecule has 2 rings (SSSR count). The van der Waals surface area contributed by atoms with Crippen molar-refractivity contribution in [2.45, 2.75) is 0 Å². The van der Waals surface area contributed by atoms with E-state index in [0.717, 1.165) is 10.9 Å². The third-order valence-electron chi connectivity index (χ3n) is 2.32. The van der Waals surface area contributed by atoms with Gasteiger partial charge >= 0.3 is 0 Å². The van der Waals surface area contributed by atoms with Crippen molar-refractivity contribution in [1.29, 1.82) is 0 Å². The Labute approximate surface area is 107 Å². The summed E-state index contributed by atoms with van der Waals surface area (Å²) in [7, 11) is 1.58. The van der Waals surface area contributed by atoms with Gasteiger partial charge in [0.15, 0.2) is 0 Å². The molecule has 88 valence electrons. The Hall–Kier alpha value is -1.82. The minimum atomic E-state index is -0.242. The summed E-state index contributed by atoms with van der Waals surface area (Å²) in [6, 6.07) is 9.51. The molecular formula is C11H11BrN4O. The fraction of sp³-hybridized carbons (Fsp3) is 0.0909. The second-order valence-corrected chi connectivity index (χ2v) is 3.79. The molecule has 0 saturated carbocycles. The number of hydrogen-bond donors (Lipinski definition) is 3. The summed E-state index contributed by atoms with van der Waals surface area (Å²) in [5.74, 6) is 0.113. The number of hydrogen-bond acceptors (Lipinski definition) is 2. The molecule has 0 radical (unpaired) electrons. The van der Waals surface area contributed by atoms with Crippen LogP contribution in [0.4, 0.5) is 0 Å². The number of benzene rings is 1. The third-order valence-corrected chi connectivity index (χ3v) is 2.70. The highest BCUT2D eigenvalue weighted by atomic mass is 79.9. The monoisotopic (exact) mass is 294 g/mol. The largest absolute Gasteiger partial charge is 0.351 e. The van der Waals surface area contributed by atoms with Crippen molar-refractivity contribution in [3.8, 4) is 0 Å². The summed E-state index contributed by atoms with van der Waals surface area (Å²) in [5.41, 5.74) is 1.43. The standard InChI is InChI=1S/C11H11BrN4O/c1-13-11(16-12)15-10(17)9-6-7-4-2-3-5-8(7)14-9/h2-6,14H,1H3,(H2,13,15,16,17). The Balaban J connectivity index is 2.25. The molecule has 1 heterocycles. The number of aromatic amines is 1. The van der Waals surface area contributed by atoms with Crippen LogP contribution in [0.1, 0.15) is 10.5 Å². The van der Waals surface area contributed by atoms with Crippen LogP contribution in [-0.4, -0.2) is 23.9 Å². The van der Waals surface area contributed by atoms with Crippen LogP contribution in [0, 0.1) is 0 Å². The van der Waals surface area contributed by atoms with Crippen LogP contribution in [0.5, 0.6) is 0 Å². The summed E-state index contributed by atoms with van der Waals surface area (Å²) in [6.07, 6.45) is 0. The highest BCUT2D eigenvalue weighted by Crippen LogP contribution is 2.14. The average molecular weight is 295 g/mol. The number of carbonyl (C=O) groups excluding carboxylic acids is 1. The van der Waals surface area contributed by atoms with Crippen LogP contribution < -0.4 is 9.66 Å². The van der Waals surface area contributed by atoms with Gasteiger partial charge < -0.3 is 4.98 Å². The maximum atomic E-state index is 11.9. The maximum absolute atomic E-state index is 11.9. The summed E-state index contributed by atoms with van der Waals surface area (Å²) in [4.78, 5) is 18.7. The molecule has 0 atom stereocenters. The molecule has 1 aromatic carbocycles. The second kappa shape index (κ2) is 5.01. The lowest BCUT2D eigenvalue weighted by Crippen LogP contribution is -2.36. The van der Waals surface area contributed by atoms with E-state index in [-0.39, 0.29) is 5.91 Å². The molecule has 0 saturated heterocycles. The Morgan fingerprint density at radius 1 is 1.41 bits per heavy atom. The molecule has 1 aromatic heterocycles. The summed E-state index contributed by atoms with van der Waals surface area (Å²) in [6.45, 7) is 0. The van der Waals surface area contributed by atoms with Crippen LogP contribution in [0.2, 0.25) is 0 Å². The molecular weight excluding hydrogens is 284 g/mol. The molecule has 6 heteroatoms. The highest BCUT2D eigenvalue weighted by molar-refractivity contribution is 9.08. The zero-order valence-electron chi connectivity index (χ0n) is 9.12. The number of H-pyrrole nitrogens is 1. The van der Waals surface area contributed by atoms with Gasteiger partial charge in [-0.1, -0.05) is 18.2 Å². The van der Waals surface area contributed by atoms with Gasteiger partial charge in [0.1, 0.15) is 5.69 Å². The van der Waals surface area contributed by atoms with Crippen molar-refractivity contribution in [2.75, 3.05) is 7.05 Å². The lowest BCUT2D eigenvalue weighted by atomic mass is 10.2. The van der Waals surface area contributed by atoms with Crippen molar-refractivity contribution in [3.05, 3.63) is 36.0 Å². The van der Waals surface area contributed by atoms with Crippen LogP contribution in [0.15, 0.2) is 35.3 Å². The Morgan fingerprint density at radius 2 is 2.18 bits per heavy atom. The Kier molecular flexibility index (Phi) is 3.43. The number of guanidine groups is 1. The van der Waals surface area contributed by atoms with Crippen LogP contribution in [0.25, 0.3) is 10.9 Å². The van der Waals surface area contributed by atoms with E-state index in [1.165, 1.54) is 0 Å². The molecule has 3 N–H and O–H groups in total. The van der Waals surface area contributed by atoms with Gasteiger partial charge in [-0.3, -0.25) is 19.4 Å². The molecule has 0 aliphatic carbocycles. The van der Waals surface area contributed by atoms with Crippen molar-refractivity contribution >= 4 is 38.9 Å². The van der Waals surface area contributed by atoms with Gasteiger partial charge in [-0.25, -0.2) is 0 Å². The average Bonchev–Trinajstić information content (AvgIpc) is 2.79. The smallest absolute Gasteiger partial charge is 0.274 e. The molecule has 0 spiro atoms. The zero-order chi connectivity index (χ0) is 12.3. The molecule has 0 bridgehead atoms.